The molecule has 1 aromatic heterocycles. The summed E-state index contributed by atoms with van der Waals surface area (Å²) in [6.45, 7) is 2.78. The van der Waals surface area contributed by atoms with E-state index in [-0.39, 0.29) is 29.8 Å². The van der Waals surface area contributed by atoms with Crippen molar-refractivity contribution in [1.82, 2.24) is 10.4 Å². The van der Waals surface area contributed by atoms with Crippen LogP contribution in [-0.4, -0.2) is 52.4 Å². The average Bonchev–Trinajstić information content (AvgIpc) is 3.32. The fourth-order valence-corrected chi connectivity index (χ4v) is 3.31. The van der Waals surface area contributed by atoms with E-state index >= 15 is 0 Å². The highest BCUT2D eigenvalue weighted by atomic mass is 35.5. The molecule has 0 spiro atoms. The van der Waals surface area contributed by atoms with Crippen LogP contribution in [0.15, 0.2) is 12.1 Å². The number of rotatable bonds is 9. The van der Waals surface area contributed by atoms with E-state index in [2.05, 4.69) is 22.7 Å². The summed E-state index contributed by atoms with van der Waals surface area (Å²) in [5.74, 6) is 6.38. The van der Waals surface area contributed by atoms with E-state index in [4.69, 9.17) is 10.6 Å². The minimum Gasteiger partial charge on any atom is -0.385 e. The van der Waals surface area contributed by atoms with Gasteiger partial charge in [-0.05, 0) is 36.8 Å². The third kappa shape index (κ3) is 6.20. The van der Waals surface area contributed by atoms with E-state index in [0.29, 0.717) is 24.3 Å². The lowest BCUT2D eigenvalue weighted by atomic mass is 10.1. The van der Waals surface area contributed by atoms with Gasteiger partial charge in [0.05, 0.1) is 6.26 Å². The molecule has 0 aliphatic heterocycles. The zero-order chi connectivity index (χ0) is 19.5. The molecule has 1 heterocycles. The molecule has 9 nitrogen and oxygen atoms in total. The van der Waals surface area contributed by atoms with Crippen LogP contribution in [0.1, 0.15) is 30.1 Å². The molecule has 154 valence electrons. The normalized spacial score (nSPS) is 19.6. The number of hydrogen-bond acceptors (Lipinski definition) is 7. The lowest BCUT2D eigenvalue weighted by Gasteiger charge is -2.22. The molecule has 1 aromatic rings. The van der Waals surface area contributed by atoms with Gasteiger partial charge in [0.1, 0.15) is 11.6 Å². The van der Waals surface area contributed by atoms with Gasteiger partial charge in [-0.2, -0.15) is 0 Å². The zero-order valence-electron chi connectivity index (χ0n) is 15.9. The van der Waals surface area contributed by atoms with Crippen molar-refractivity contribution in [3.63, 3.8) is 0 Å². The molecule has 0 saturated heterocycles. The number of amides is 1. The summed E-state index contributed by atoms with van der Waals surface area (Å²) in [6.07, 6.45) is 2.98. The first kappa shape index (κ1) is 23.4. The monoisotopic (exact) mass is 421 g/mol. The largest absolute Gasteiger partial charge is 0.385 e. The van der Waals surface area contributed by atoms with Gasteiger partial charge in [0.25, 0.3) is 5.91 Å². The number of nitrogens with one attached hydrogen (secondary N) is 2. The molecule has 0 aromatic carbocycles. The molecule has 0 radical (unpaired) electrons. The second kappa shape index (κ2) is 9.54. The fourth-order valence-electron chi connectivity index (χ4n) is 2.88. The van der Waals surface area contributed by atoms with E-state index in [1.807, 2.05) is 0 Å². The lowest BCUT2D eigenvalue weighted by Crippen LogP contribution is -2.32. The summed E-state index contributed by atoms with van der Waals surface area (Å²) >= 11 is 0. The van der Waals surface area contributed by atoms with E-state index in [1.54, 1.807) is 13.2 Å². The highest BCUT2D eigenvalue weighted by Crippen LogP contribution is 2.42. The summed E-state index contributed by atoms with van der Waals surface area (Å²) in [5.41, 5.74) is 2.29. The van der Waals surface area contributed by atoms with Gasteiger partial charge in [-0.1, -0.05) is 6.92 Å². The molecule has 2 rings (SSSR count). The minimum absolute atomic E-state index is 0. The SMILES string of the molecule is COCCC(Nc1cc(C(=O)NN)cc(N(C)S(C)(=O)=O)n1)[C@@H]1C[C@H]1C.Cl. The Hall–Kier alpha value is -1.62. The van der Waals surface area contributed by atoms with Gasteiger partial charge in [0.2, 0.25) is 10.0 Å². The van der Waals surface area contributed by atoms with Crippen molar-refractivity contribution >= 4 is 40.0 Å². The van der Waals surface area contributed by atoms with Crippen molar-refractivity contribution in [1.29, 1.82) is 0 Å². The van der Waals surface area contributed by atoms with Crippen molar-refractivity contribution in [2.45, 2.75) is 25.8 Å². The standard InChI is InChI=1S/C16H27N5O4S.ClH/c1-10-7-12(10)13(5-6-25-3)18-14-8-11(16(22)20-17)9-15(19-14)21(2)26(4,23)24;/h8-10,12-13H,5-7,17H2,1-4H3,(H,18,19)(H,20,22);1H/t10-,12-,13?;/m1./s1. The highest BCUT2D eigenvalue weighted by molar-refractivity contribution is 7.92. The molecule has 1 fully saturated rings. The molecule has 1 amide bonds. The Morgan fingerprint density at radius 3 is 2.59 bits per heavy atom. The van der Waals surface area contributed by atoms with E-state index in [1.165, 1.54) is 13.1 Å². The van der Waals surface area contributed by atoms with Crippen LogP contribution in [0, 0.1) is 11.8 Å². The summed E-state index contributed by atoms with van der Waals surface area (Å²) < 4.78 is 29.9. The van der Waals surface area contributed by atoms with Gasteiger partial charge in [-0.15, -0.1) is 12.4 Å². The van der Waals surface area contributed by atoms with Crippen LogP contribution in [0.4, 0.5) is 11.6 Å². The van der Waals surface area contributed by atoms with Crippen molar-refractivity contribution in [3.05, 3.63) is 17.7 Å². The predicted octanol–water partition coefficient (Wildman–Crippen LogP) is 0.976. The summed E-state index contributed by atoms with van der Waals surface area (Å²) in [6, 6.07) is 3.08. The van der Waals surface area contributed by atoms with E-state index in [0.717, 1.165) is 23.4 Å². The molecule has 0 bridgehead atoms. The number of pyridine rings is 1. The Labute approximate surface area is 166 Å². The van der Waals surface area contributed by atoms with Crippen LogP contribution in [0.25, 0.3) is 0 Å². The number of hydrogen-bond donors (Lipinski definition) is 3. The maximum atomic E-state index is 12.0. The minimum atomic E-state index is -3.52. The van der Waals surface area contributed by atoms with Gasteiger partial charge in [-0.3, -0.25) is 14.5 Å². The number of methoxy groups -OCH3 is 1. The van der Waals surface area contributed by atoms with Crippen LogP contribution in [0.2, 0.25) is 0 Å². The Morgan fingerprint density at radius 1 is 1.48 bits per heavy atom. The number of nitrogen functional groups attached to an aromatic ring is 1. The van der Waals surface area contributed by atoms with Crippen molar-refractivity contribution in [2.75, 3.05) is 36.6 Å². The quantitative estimate of drug-likeness (QED) is 0.308. The topological polar surface area (TPSA) is 127 Å². The molecule has 1 aliphatic rings. The molecule has 1 unspecified atom stereocenters. The Bertz CT molecular complexity index is 761. The number of nitrogens with zero attached hydrogens (tertiary/aromatic N) is 2. The van der Waals surface area contributed by atoms with Gasteiger partial charge in [0, 0.05) is 32.4 Å². The predicted molar refractivity (Wildman–Crippen MR) is 108 cm³/mol. The third-order valence-electron chi connectivity index (χ3n) is 4.68. The van der Waals surface area contributed by atoms with Crippen molar-refractivity contribution < 1.29 is 17.9 Å². The van der Waals surface area contributed by atoms with Crippen LogP contribution < -0.4 is 20.9 Å². The number of carbonyl (C=O) groups excluding carboxylic acids is 1. The second-order valence-electron chi connectivity index (χ2n) is 6.71. The first-order valence-electron chi connectivity index (χ1n) is 8.39. The number of aromatic nitrogens is 1. The number of nitrogens with two attached hydrogens (primary N) is 1. The molecule has 27 heavy (non-hydrogen) atoms. The van der Waals surface area contributed by atoms with Gasteiger partial charge < -0.3 is 10.1 Å². The molecule has 4 N–H and O–H groups in total. The first-order chi connectivity index (χ1) is 12.2. The second-order valence-corrected chi connectivity index (χ2v) is 8.73. The van der Waals surface area contributed by atoms with Crippen LogP contribution >= 0.6 is 12.4 Å². The van der Waals surface area contributed by atoms with Crippen LogP contribution in [0.5, 0.6) is 0 Å². The molecule has 3 atom stereocenters. The fraction of sp³-hybridized carbons (Fsp3) is 0.625. The van der Waals surface area contributed by atoms with Gasteiger partial charge in [-0.25, -0.2) is 19.2 Å². The van der Waals surface area contributed by atoms with Crippen molar-refractivity contribution in [3.8, 4) is 0 Å². The Balaban J connectivity index is 0.00000364. The van der Waals surface area contributed by atoms with E-state index in [9.17, 15) is 13.2 Å². The smallest absolute Gasteiger partial charge is 0.265 e. The Kier molecular flexibility index (Phi) is 8.27. The third-order valence-corrected chi connectivity index (χ3v) is 5.86. The average molecular weight is 422 g/mol. The van der Waals surface area contributed by atoms with Gasteiger partial charge in [0.15, 0.2) is 0 Å². The Morgan fingerprint density at radius 2 is 2.11 bits per heavy atom. The lowest BCUT2D eigenvalue weighted by molar-refractivity contribution is 0.0953. The zero-order valence-corrected chi connectivity index (χ0v) is 17.6. The van der Waals surface area contributed by atoms with Gasteiger partial charge >= 0.3 is 0 Å². The molecular formula is C16H28ClN5O4S. The summed E-state index contributed by atoms with van der Waals surface area (Å²) in [5, 5.41) is 3.34. The van der Waals surface area contributed by atoms with Crippen LogP contribution in [-0.2, 0) is 14.8 Å². The number of ether oxygens (including phenoxy) is 1. The molecule has 1 saturated carbocycles. The highest BCUT2D eigenvalue weighted by Gasteiger charge is 2.39. The molecule has 1 aliphatic carbocycles. The number of carbonyl (C=O) groups is 1. The molecular weight excluding hydrogens is 394 g/mol. The first-order valence-corrected chi connectivity index (χ1v) is 10.2. The number of hydrazine groups is 1. The van der Waals surface area contributed by atoms with E-state index < -0.39 is 15.9 Å². The maximum absolute atomic E-state index is 12.0. The van der Waals surface area contributed by atoms with Crippen molar-refractivity contribution in [2.24, 2.45) is 17.7 Å². The molecule has 11 heteroatoms. The summed E-state index contributed by atoms with van der Waals surface area (Å²) in [4.78, 5) is 16.3. The van der Waals surface area contributed by atoms with Crippen LogP contribution in [0.3, 0.4) is 0 Å². The number of anilines is 2. The summed E-state index contributed by atoms with van der Waals surface area (Å²) in [7, 11) is -0.481. The number of halogens is 1. The maximum Gasteiger partial charge on any atom is 0.265 e. The number of sulfonamides is 1.